The lowest BCUT2D eigenvalue weighted by Gasteiger charge is -2.58. The second kappa shape index (κ2) is 10.3. The zero-order chi connectivity index (χ0) is 23.9. The largest absolute Gasteiger partial charge is 0.462 e. The van der Waals surface area contributed by atoms with Crippen molar-refractivity contribution < 1.29 is 9.53 Å². The van der Waals surface area contributed by atoms with E-state index < -0.39 is 0 Å². The first-order valence-corrected chi connectivity index (χ1v) is 15.4. The molecule has 4 saturated carbocycles. The lowest BCUT2D eigenvalue weighted by molar-refractivity contribution is -0.0726. The molecule has 1 saturated heterocycles. The van der Waals surface area contributed by atoms with Gasteiger partial charge in [-0.05, 0) is 106 Å². The van der Waals surface area contributed by atoms with Crippen molar-refractivity contribution in [1.29, 1.82) is 0 Å². The third-order valence-electron chi connectivity index (χ3n) is 9.57. The van der Waals surface area contributed by atoms with Crippen molar-refractivity contribution in [3.8, 4) is 0 Å². The quantitative estimate of drug-likeness (QED) is 0.409. The number of anilines is 1. The van der Waals surface area contributed by atoms with Crippen LogP contribution in [0.15, 0.2) is 0 Å². The van der Waals surface area contributed by atoms with E-state index in [9.17, 15) is 4.79 Å². The van der Waals surface area contributed by atoms with E-state index in [0.29, 0.717) is 6.61 Å². The topological polar surface area (TPSA) is 44.8 Å². The Kier molecular flexibility index (Phi) is 7.11. The summed E-state index contributed by atoms with van der Waals surface area (Å²) < 4.78 is 5.48. The van der Waals surface area contributed by atoms with Crippen molar-refractivity contribution in [3.63, 3.8) is 0 Å². The molecule has 5 aliphatic carbocycles. The van der Waals surface area contributed by atoms with Crippen LogP contribution < -0.4 is 5.32 Å². The Bertz CT molecular complexity index is 924. The Morgan fingerprint density at radius 2 is 1.63 bits per heavy atom. The molecule has 1 aliphatic heterocycles. The lowest BCUT2D eigenvalue weighted by atomic mass is 9.54. The van der Waals surface area contributed by atoms with Gasteiger partial charge in [0.05, 0.1) is 12.2 Å². The number of nitrogens with zero attached hydrogens (tertiary/aromatic N) is 2. The standard InChI is InChI=1S/C28H41N3O2S2/c1-2-33-27(32)24-22-7-5-3-4-6-8-23(22)35-26(24)29-28(34)31-11-9-30(10-12-31)25-20-14-18-13-19(16-20)17-21(25)15-18/h18-21,25H,2-17H2,1H3,(H,29,34). The summed E-state index contributed by atoms with van der Waals surface area (Å²) in [5.41, 5.74) is 1.97. The molecule has 7 rings (SSSR count). The maximum absolute atomic E-state index is 13.0. The maximum atomic E-state index is 13.0. The van der Waals surface area contributed by atoms with Gasteiger partial charge in [0.25, 0.3) is 0 Å². The smallest absolute Gasteiger partial charge is 0.341 e. The summed E-state index contributed by atoms with van der Waals surface area (Å²) in [5.74, 6) is 3.76. The zero-order valence-corrected chi connectivity index (χ0v) is 22.9. The minimum atomic E-state index is -0.192. The molecular weight excluding hydrogens is 474 g/mol. The average molecular weight is 516 g/mol. The Morgan fingerprint density at radius 1 is 0.971 bits per heavy atom. The molecule has 35 heavy (non-hydrogen) atoms. The number of thiophene rings is 1. The van der Waals surface area contributed by atoms with Gasteiger partial charge in [-0.2, -0.15) is 0 Å². The number of nitrogens with one attached hydrogen (secondary N) is 1. The highest BCUT2D eigenvalue weighted by atomic mass is 32.1. The first-order valence-electron chi connectivity index (χ1n) is 14.2. The van der Waals surface area contributed by atoms with Gasteiger partial charge in [0, 0.05) is 37.1 Å². The molecule has 1 aromatic rings. The fraction of sp³-hybridized carbons (Fsp3) is 0.786. The molecule has 1 N–H and O–H groups in total. The third-order valence-corrected chi connectivity index (χ3v) is 11.1. The molecule has 0 radical (unpaired) electrons. The number of carbonyl (C=O) groups is 1. The number of piperazine rings is 1. The monoisotopic (exact) mass is 515 g/mol. The lowest BCUT2D eigenvalue weighted by Crippen LogP contribution is -2.60. The van der Waals surface area contributed by atoms with Crippen LogP contribution in [-0.2, 0) is 17.6 Å². The van der Waals surface area contributed by atoms with Crippen LogP contribution >= 0.6 is 23.6 Å². The Hall–Kier alpha value is -1.18. The van der Waals surface area contributed by atoms with Crippen LogP contribution in [0.5, 0.6) is 0 Å². The number of thiocarbonyl (C=S) groups is 1. The van der Waals surface area contributed by atoms with E-state index in [4.69, 9.17) is 17.0 Å². The molecule has 0 aromatic carbocycles. The van der Waals surface area contributed by atoms with E-state index >= 15 is 0 Å². The fourth-order valence-electron chi connectivity index (χ4n) is 8.32. The van der Waals surface area contributed by atoms with Crippen molar-refractivity contribution in [2.24, 2.45) is 23.7 Å². The zero-order valence-electron chi connectivity index (χ0n) is 21.2. The first kappa shape index (κ1) is 24.2. The number of ether oxygens (including phenoxy) is 1. The summed E-state index contributed by atoms with van der Waals surface area (Å²) in [4.78, 5) is 19.5. The summed E-state index contributed by atoms with van der Waals surface area (Å²) in [6.45, 7) is 6.47. The average Bonchev–Trinajstić information content (AvgIpc) is 3.14. The molecule has 5 fully saturated rings. The van der Waals surface area contributed by atoms with E-state index in [0.717, 1.165) is 90.8 Å². The van der Waals surface area contributed by atoms with Gasteiger partial charge < -0.3 is 15.0 Å². The van der Waals surface area contributed by atoms with Crippen LogP contribution in [0.3, 0.4) is 0 Å². The molecule has 0 unspecified atom stereocenters. The molecule has 4 bridgehead atoms. The fourth-order valence-corrected chi connectivity index (χ4v) is 9.94. The van der Waals surface area contributed by atoms with Crippen LogP contribution in [0.2, 0.25) is 0 Å². The highest BCUT2D eigenvalue weighted by Crippen LogP contribution is 2.55. The summed E-state index contributed by atoms with van der Waals surface area (Å²) in [7, 11) is 0. The summed E-state index contributed by atoms with van der Waals surface area (Å²) in [6, 6.07) is 0.818. The predicted octanol–water partition coefficient (Wildman–Crippen LogP) is 5.72. The molecule has 0 atom stereocenters. The number of fused-ring (bicyclic) bond motifs is 1. The van der Waals surface area contributed by atoms with Crippen molar-refractivity contribution in [2.45, 2.75) is 83.6 Å². The minimum Gasteiger partial charge on any atom is -0.462 e. The number of carbonyl (C=O) groups excluding carboxylic acids is 1. The predicted molar refractivity (Wildman–Crippen MR) is 146 cm³/mol. The molecule has 2 heterocycles. The molecule has 6 aliphatic rings. The molecule has 192 valence electrons. The van der Waals surface area contributed by atoms with Crippen LogP contribution in [0.4, 0.5) is 5.00 Å². The van der Waals surface area contributed by atoms with Gasteiger partial charge in [0.2, 0.25) is 0 Å². The van der Waals surface area contributed by atoms with Crippen molar-refractivity contribution in [3.05, 3.63) is 16.0 Å². The summed E-state index contributed by atoms with van der Waals surface area (Å²) in [5, 5.41) is 5.20. The molecule has 0 amide bonds. The van der Waals surface area contributed by atoms with Crippen molar-refractivity contribution in [1.82, 2.24) is 9.80 Å². The highest BCUT2D eigenvalue weighted by molar-refractivity contribution is 7.80. The molecule has 7 heteroatoms. The number of aryl methyl sites for hydroxylation is 1. The highest BCUT2D eigenvalue weighted by Gasteiger charge is 2.50. The van der Waals surface area contributed by atoms with Gasteiger partial charge in [-0.25, -0.2) is 4.79 Å². The maximum Gasteiger partial charge on any atom is 0.341 e. The van der Waals surface area contributed by atoms with Gasteiger partial charge in [-0.15, -0.1) is 11.3 Å². The van der Waals surface area contributed by atoms with E-state index in [-0.39, 0.29) is 5.97 Å². The van der Waals surface area contributed by atoms with Crippen molar-refractivity contribution in [2.75, 3.05) is 38.1 Å². The van der Waals surface area contributed by atoms with Gasteiger partial charge in [-0.1, -0.05) is 12.8 Å². The normalized spacial score (nSPS) is 32.6. The van der Waals surface area contributed by atoms with Crippen LogP contribution in [-0.4, -0.2) is 59.7 Å². The van der Waals surface area contributed by atoms with Crippen LogP contribution in [0, 0.1) is 23.7 Å². The number of hydrogen-bond acceptors (Lipinski definition) is 5. The van der Waals surface area contributed by atoms with Gasteiger partial charge >= 0.3 is 5.97 Å². The molecule has 1 aromatic heterocycles. The van der Waals surface area contributed by atoms with Crippen molar-refractivity contribution >= 4 is 39.6 Å². The third kappa shape index (κ3) is 4.77. The summed E-state index contributed by atoms with van der Waals surface area (Å²) in [6.07, 6.45) is 14.4. The van der Waals surface area contributed by atoms with Gasteiger partial charge in [0.1, 0.15) is 5.00 Å². The summed E-state index contributed by atoms with van der Waals surface area (Å²) >= 11 is 7.64. The second-order valence-electron chi connectivity index (χ2n) is 11.7. The minimum absolute atomic E-state index is 0.192. The first-order chi connectivity index (χ1) is 17.1. The molecule has 5 nitrogen and oxygen atoms in total. The number of rotatable bonds is 4. The van der Waals surface area contributed by atoms with E-state index in [1.165, 1.54) is 61.8 Å². The van der Waals surface area contributed by atoms with Gasteiger partial charge in [-0.3, -0.25) is 4.90 Å². The van der Waals surface area contributed by atoms with E-state index in [2.05, 4.69) is 15.1 Å². The number of esters is 1. The van der Waals surface area contributed by atoms with E-state index in [1.807, 2.05) is 6.92 Å². The van der Waals surface area contributed by atoms with Crippen LogP contribution in [0.1, 0.15) is 85.5 Å². The Balaban J connectivity index is 1.12. The molecule has 0 spiro atoms. The SMILES string of the molecule is CCOC(=O)c1c(NC(=S)N2CCN(C3C4CC5CC(C4)CC3C5)CC2)sc2c1CCCCCC2. The second-order valence-corrected chi connectivity index (χ2v) is 13.2. The van der Waals surface area contributed by atoms with Gasteiger partial charge in [0.15, 0.2) is 5.11 Å². The van der Waals surface area contributed by atoms with Crippen LogP contribution in [0.25, 0.3) is 0 Å². The molecular formula is C28H41N3O2S2. The van der Waals surface area contributed by atoms with E-state index in [1.54, 1.807) is 11.3 Å². The number of hydrogen-bond donors (Lipinski definition) is 1. The Morgan fingerprint density at radius 3 is 2.29 bits per heavy atom. The Labute approximate surface area is 220 Å².